The Bertz CT molecular complexity index is 539. The van der Waals surface area contributed by atoms with E-state index in [4.69, 9.17) is 9.47 Å². The van der Waals surface area contributed by atoms with Crippen LogP contribution in [0.15, 0.2) is 18.2 Å². The fourth-order valence-corrected chi connectivity index (χ4v) is 2.11. The van der Waals surface area contributed by atoms with Gasteiger partial charge in [-0.1, -0.05) is 0 Å². The maximum absolute atomic E-state index is 11.6. The van der Waals surface area contributed by atoms with Gasteiger partial charge in [0.2, 0.25) is 0 Å². The van der Waals surface area contributed by atoms with Crippen LogP contribution in [0, 0.1) is 0 Å². The summed E-state index contributed by atoms with van der Waals surface area (Å²) in [6, 6.07) is 5.38. The number of methoxy groups -OCH3 is 1. The number of aromatic hydroxyl groups is 1. The zero-order valence-electron chi connectivity index (χ0n) is 13.5. The number of amides is 1. The first-order valence-electron chi connectivity index (χ1n) is 7.37. The van der Waals surface area contributed by atoms with Gasteiger partial charge in [-0.05, 0) is 45.4 Å². The molecule has 6 nitrogen and oxygen atoms in total. The lowest BCUT2D eigenvalue weighted by Gasteiger charge is -2.19. The molecule has 2 unspecified atom stereocenters. The summed E-state index contributed by atoms with van der Waals surface area (Å²) >= 11 is 0. The normalized spacial score (nSPS) is 20.4. The molecule has 0 bridgehead atoms. The molecule has 1 amide bonds. The van der Waals surface area contributed by atoms with Crippen molar-refractivity contribution in [2.24, 2.45) is 0 Å². The summed E-state index contributed by atoms with van der Waals surface area (Å²) in [4.78, 5) is 11.6. The SMILES string of the molecule is COc1ccc(O)c(CNC2CC2NC(=O)OC(C)(C)C)c1. The molecule has 1 saturated carbocycles. The minimum atomic E-state index is -0.492. The van der Waals surface area contributed by atoms with Gasteiger partial charge in [-0.15, -0.1) is 0 Å². The highest BCUT2D eigenvalue weighted by atomic mass is 16.6. The molecule has 1 aromatic rings. The van der Waals surface area contributed by atoms with Crippen LogP contribution in [0.3, 0.4) is 0 Å². The lowest BCUT2D eigenvalue weighted by atomic mass is 10.2. The Morgan fingerprint density at radius 1 is 1.36 bits per heavy atom. The minimum absolute atomic E-state index is 0.0719. The lowest BCUT2D eigenvalue weighted by molar-refractivity contribution is 0.0522. The molecule has 0 heterocycles. The van der Waals surface area contributed by atoms with E-state index in [0.29, 0.717) is 12.3 Å². The van der Waals surface area contributed by atoms with Crippen molar-refractivity contribution in [2.75, 3.05) is 7.11 Å². The summed E-state index contributed by atoms with van der Waals surface area (Å²) in [7, 11) is 1.59. The van der Waals surface area contributed by atoms with Gasteiger partial charge in [0.1, 0.15) is 17.1 Å². The number of nitrogens with one attached hydrogen (secondary N) is 2. The molecule has 22 heavy (non-hydrogen) atoms. The molecule has 0 radical (unpaired) electrons. The highest BCUT2D eigenvalue weighted by Gasteiger charge is 2.38. The Kier molecular flexibility index (Phi) is 4.81. The number of hydrogen-bond donors (Lipinski definition) is 3. The van der Waals surface area contributed by atoms with Gasteiger partial charge in [-0.25, -0.2) is 4.79 Å². The topological polar surface area (TPSA) is 79.8 Å². The molecule has 3 N–H and O–H groups in total. The van der Waals surface area contributed by atoms with Crippen molar-refractivity contribution in [1.29, 1.82) is 0 Å². The van der Waals surface area contributed by atoms with Crippen molar-refractivity contribution >= 4 is 6.09 Å². The van der Waals surface area contributed by atoms with Crippen LogP contribution in [0.25, 0.3) is 0 Å². The van der Waals surface area contributed by atoms with Gasteiger partial charge in [0.15, 0.2) is 0 Å². The maximum atomic E-state index is 11.6. The van der Waals surface area contributed by atoms with Crippen molar-refractivity contribution in [3.05, 3.63) is 23.8 Å². The van der Waals surface area contributed by atoms with Gasteiger partial charge in [0.25, 0.3) is 0 Å². The minimum Gasteiger partial charge on any atom is -0.508 e. The number of hydrogen-bond acceptors (Lipinski definition) is 5. The number of phenols is 1. The van der Waals surface area contributed by atoms with Crippen molar-refractivity contribution < 1.29 is 19.4 Å². The number of carbonyl (C=O) groups excluding carboxylic acids is 1. The predicted molar refractivity (Wildman–Crippen MR) is 83.1 cm³/mol. The van der Waals surface area contributed by atoms with Crippen LogP contribution in [-0.4, -0.2) is 36.0 Å². The molecule has 0 spiro atoms. The van der Waals surface area contributed by atoms with E-state index in [2.05, 4.69) is 10.6 Å². The molecule has 122 valence electrons. The number of ether oxygens (including phenoxy) is 2. The van der Waals surface area contributed by atoms with Crippen LogP contribution in [0.1, 0.15) is 32.8 Å². The Labute approximate surface area is 130 Å². The van der Waals surface area contributed by atoms with E-state index in [0.717, 1.165) is 12.0 Å². The number of alkyl carbamates (subject to hydrolysis) is 1. The molecule has 0 aromatic heterocycles. The van der Waals surface area contributed by atoms with Gasteiger partial charge >= 0.3 is 6.09 Å². The molecule has 0 saturated heterocycles. The van der Waals surface area contributed by atoms with Crippen molar-refractivity contribution in [3.63, 3.8) is 0 Å². The summed E-state index contributed by atoms with van der Waals surface area (Å²) in [6.07, 6.45) is 0.454. The summed E-state index contributed by atoms with van der Waals surface area (Å²) in [5.41, 5.74) is 0.274. The average Bonchev–Trinajstić information content (AvgIpc) is 3.13. The molecule has 2 rings (SSSR count). The summed E-state index contributed by atoms with van der Waals surface area (Å²) < 4.78 is 10.4. The van der Waals surface area contributed by atoms with E-state index < -0.39 is 11.7 Å². The highest BCUT2D eigenvalue weighted by Crippen LogP contribution is 2.26. The van der Waals surface area contributed by atoms with Gasteiger partial charge < -0.3 is 25.2 Å². The van der Waals surface area contributed by atoms with Gasteiger partial charge in [-0.2, -0.15) is 0 Å². The molecular weight excluding hydrogens is 284 g/mol. The van der Waals surface area contributed by atoms with Crippen LogP contribution in [0.2, 0.25) is 0 Å². The largest absolute Gasteiger partial charge is 0.508 e. The number of phenolic OH excluding ortho intramolecular Hbond substituents is 1. The number of carbonyl (C=O) groups is 1. The number of benzene rings is 1. The Morgan fingerprint density at radius 2 is 2.09 bits per heavy atom. The van der Waals surface area contributed by atoms with Gasteiger partial charge in [0, 0.05) is 24.2 Å². The van der Waals surface area contributed by atoms with Gasteiger partial charge in [-0.3, -0.25) is 0 Å². The molecule has 1 fully saturated rings. The second-order valence-electron chi connectivity index (χ2n) is 6.47. The van der Waals surface area contributed by atoms with Crippen molar-refractivity contribution in [2.45, 2.75) is 51.4 Å². The van der Waals surface area contributed by atoms with Crippen LogP contribution in [0.4, 0.5) is 4.79 Å². The summed E-state index contributed by atoms with van der Waals surface area (Å²) in [5, 5.41) is 15.9. The predicted octanol–water partition coefficient (Wildman–Crippen LogP) is 2.16. The third-order valence-corrected chi connectivity index (χ3v) is 3.33. The molecule has 1 aromatic carbocycles. The maximum Gasteiger partial charge on any atom is 0.407 e. The van der Waals surface area contributed by atoms with Crippen LogP contribution in [-0.2, 0) is 11.3 Å². The lowest BCUT2D eigenvalue weighted by Crippen LogP contribution is -2.36. The molecule has 1 aliphatic carbocycles. The third-order valence-electron chi connectivity index (χ3n) is 3.33. The van der Waals surface area contributed by atoms with E-state index in [1.165, 1.54) is 0 Å². The van der Waals surface area contributed by atoms with Crippen LogP contribution in [0.5, 0.6) is 11.5 Å². The summed E-state index contributed by atoms with van der Waals surface area (Å²) in [6.45, 7) is 6.02. The van der Waals surface area contributed by atoms with E-state index in [9.17, 15) is 9.90 Å². The first-order chi connectivity index (χ1) is 10.3. The first kappa shape index (κ1) is 16.4. The fourth-order valence-electron chi connectivity index (χ4n) is 2.11. The first-order valence-corrected chi connectivity index (χ1v) is 7.37. The summed E-state index contributed by atoms with van der Waals surface area (Å²) in [5.74, 6) is 0.930. The highest BCUT2D eigenvalue weighted by molar-refractivity contribution is 5.68. The van der Waals surface area contributed by atoms with Crippen LogP contribution >= 0.6 is 0 Å². The second-order valence-corrected chi connectivity index (χ2v) is 6.47. The molecule has 2 atom stereocenters. The van der Waals surface area contributed by atoms with E-state index in [-0.39, 0.29) is 17.8 Å². The van der Waals surface area contributed by atoms with E-state index >= 15 is 0 Å². The van der Waals surface area contributed by atoms with Gasteiger partial charge in [0.05, 0.1) is 7.11 Å². The van der Waals surface area contributed by atoms with Crippen molar-refractivity contribution in [1.82, 2.24) is 10.6 Å². The van der Waals surface area contributed by atoms with E-state index in [1.54, 1.807) is 25.3 Å². The van der Waals surface area contributed by atoms with Crippen LogP contribution < -0.4 is 15.4 Å². The molecule has 1 aliphatic rings. The zero-order valence-corrected chi connectivity index (χ0v) is 13.5. The monoisotopic (exact) mass is 308 g/mol. The molecular formula is C16H24N2O4. The Balaban J connectivity index is 1.77. The number of rotatable bonds is 5. The molecule has 6 heteroatoms. The fraction of sp³-hybridized carbons (Fsp3) is 0.562. The zero-order chi connectivity index (χ0) is 16.3. The second kappa shape index (κ2) is 6.44. The average molecular weight is 308 g/mol. The van der Waals surface area contributed by atoms with Crippen molar-refractivity contribution in [3.8, 4) is 11.5 Å². The Morgan fingerprint density at radius 3 is 2.73 bits per heavy atom. The smallest absolute Gasteiger partial charge is 0.407 e. The quantitative estimate of drug-likeness (QED) is 0.777. The Hall–Kier alpha value is -1.95. The van der Waals surface area contributed by atoms with E-state index in [1.807, 2.05) is 20.8 Å². The molecule has 0 aliphatic heterocycles. The standard InChI is InChI=1S/C16H24N2O4/c1-16(2,3)22-15(20)18-13-8-12(13)17-9-10-7-11(21-4)5-6-14(10)19/h5-7,12-13,17,19H,8-9H2,1-4H3,(H,18,20). The third kappa shape index (κ3) is 4.80.